The van der Waals surface area contributed by atoms with Gasteiger partial charge >= 0.3 is 6.18 Å². The lowest BCUT2D eigenvalue weighted by Gasteiger charge is -2.68. The first-order valence-electron chi connectivity index (χ1n) is 12.7. The lowest BCUT2D eigenvalue weighted by molar-refractivity contribution is -0.349. The topological polar surface area (TPSA) is 146 Å². The van der Waals surface area contributed by atoms with Crippen molar-refractivity contribution in [2.75, 3.05) is 5.32 Å². The van der Waals surface area contributed by atoms with Crippen molar-refractivity contribution in [2.24, 2.45) is 16.7 Å². The number of anilines is 1. The van der Waals surface area contributed by atoms with Gasteiger partial charge in [-0.05, 0) is 57.9 Å². The molecule has 2 bridgehead atoms. The van der Waals surface area contributed by atoms with E-state index < -0.39 is 52.5 Å². The lowest BCUT2D eigenvalue weighted by Crippen LogP contribution is -2.71. The Labute approximate surface area is 226 Å². The Hall–Kier alpha value is -3.22. The average Bonchev–Trinajstić information content (AvgIpc) is 3.53. The number of rotatable bonds is 9. The second kappa shape index (κ2) is 9.46. The van der Waals surface area contributed by atoms with Crippen LogP contribution in [0.25, 0.3) is 0 Å². The minimum absolute atomic E-state index is 0.0260. The molecule has 210 valence electrons. The van der Waals surface area contributed by atoms with Crippen LogP contribution in [0.5, 0.6) is 0 Å². The molecular weight excluding hydrogens is 543 g/mol. The molecule has 39 heavy (non-hydrogen) atoms. The maximum Gasteiger partial charge on any atom is 0.394 e. The molecule has 4 saturated carbocycles. The normalized spacial score (nSPS) is 29.8. The van der Waals surface area contributed by atoms with E-state index in [-0.39, 0.29) is 60.1 Å². The highest BCUT2D eigenvalue weighted by Gasteiger charge is 2.81. The molecule has 1 aromatic rings. The van der Waals surface area contributed by atoms with Crippen molar-refractivity contribution < 1.29 is 37.1 Å². The number of pyridine rings is 1. The second-order valence-electron chi connectivity index (χ2n) is 11.3. The first-order chi connectivity index (χ1) is 18.2. The Kier molecular flexibility index (Phi) is 6.63. The summed E-state index contributed by atoms with van der Waals surface area (Å²) in [6.45, 7) is 1.79. The van der Waals surface area contributed by atoms with E-state index in [9.17, 15) is 37.1 Å². The number of carbonyl (C=O) groups excluding carboxylic acids is 5. The quantitative estimate of drug-likeness (QED) is 0.336. The van der Waals surface area contributed by atoms with Crippen LogP contribution in [0.4, 0.5) is 19.0 Å². The second-order valence-corrected chi connectivity index (χ2v) is 11.7. The van der Waals surface area contributed by atoms with Crippen LogP contribution in [0, 0.1) is 16.7 Å². The Morgan fingerprint density at radius 2 is 1.87 bits per heavy atom. The summed E-state index contributed by atoms with van der Waals surface area (Å²) < 4.78 is 39.6. The van der Waals surface area contributed by atoms with Crippen LogP contribution in [0.2, 0.25) is 5.02 Å². The zero-order valence-electron chi connectivity index (χ0n) is 20.9. The molecule has 3 atom stereocenters. The van der Waals surface area contributed by atoms with E-state index in [1.54, 1.807) is 6.92 Å². The number of aromatic nitrogens is 1. The molecule has 5 fully saturated rings. The van der Waals surface area contributed by atoms with Crippen LogP contribution in [-0.4, -0.2) is 58.7 Å². The zero-order valence-corrected chi connectivity index (χ0v) is 21.7. The Balaban J connectivity index is 1.32. The molecule has 1 aliphatic heterocycles. The number of carbonyl (C=O) groups is 5. The van der Waals surface area contributed by atoms with Gasteiger partial charge in [-0.25, -0.2) is 4.98 Å². The molecule has 6 rings (SSSR count). The van der Waals surface area contributed by atoms with Crippen LogP contribution >= 0.6 is 11.6 Å². The third-order valence-electron chi connectivity index (χ3n) is 8.12. The summed E-state index contributed by atoms with van der Waals surface area (Å²) in [5, 5.41) is 10.3. The largest absolute Gasteiger partial charge is 0.394 e. The summed E-state index contributed by atoms with van der Waals surface area (Å²) in [7, 11) is 0. The highest BCUT2D eigenvalue weighted by molar-refractivity contribution is 6.38. The van der Waals surface area contributed by atoms with Gasteiger partial charge in [-0.15, -0.1) is 0 Å². The van der Waals surface area contributed by atoms with Gasteiger partial charge in [-0.3, -0.25) is 24.0 Å². The SMILES string of the molecule is C[C@@H]1C[C@@H](CC(NC(=O)c2cc(Cl)cnc2NC(=O)C23CC(C(F)(F)F)(C2)C3)C(=O)C(=O)NC2CC2)C(=O)N1. The summed E-state index contributed by atoms with van der Waals surface area (Å²) in [4.78, 5) is 68.0. The van der Waals surface area contributed by atoms with Gasteiger partial charge in [0.05, 0.1) is 27.5 Å². The summed E-state index contributed by atoms with van der Waals surface area (Å²) in [6, 6.07) is -0.416. The fourth-order valence-corrected chi connectivity index (χ4v) is 5.99. The average molecular weight is 570 g/mol. The number of Topliss-reactive ketones (excluding diaryl/α,β-unsaturated/α-hetero) is 1. The highest BCUT2D eigenvalue weighted by Crippen LogP contribution is 2.78. The van der Waals surface area contributed by atoms with E-state index in [0.29, 0.717) is 6.42 Å². The zero-order chi connectivity index (χ0) is 28.3. The van der Waals surface area contributed by atoms with Gasteiger partial charge in [-0.2, -0.15) is 13.2 Å². The summed E-state index contributed by atoms with van der Waals surface area (Å²) in [5.41, 5.74) is -3.26. The molecule has 0 radical (unpaired) electrons. The van der Waals surface area contributed by atoms with Gasteiger partial charge in [0.2, 0.25) is 17.6 Å². The third kappa shape index (κ3) is 5.08. The molecule has 4 N–H and O–H groups in total. The van der Waals surface area contributed by atoms with Gasteiger partial charge in [0, 0.05) is 24.2 Å². The molecular formula is C25H27ClF3N5O5. The van der Waals surface area contributed by atoms with Gasteiger partial charge in [-0.1, -0.05) is 11.6 Å². The Bertz CT molecular complexity index is 1250. The number of nitrogens with zero attached hydrogens (tertiary/aromatic N) is 1. The molecule has 5 aliphatic rings. The molecule has 0 aromatic carbocycles. The van der Waals surface area contributed by atoms with Crippen LogP contribution < -0.4 is 21.3 Å². The molecule has 14 heteroatoms. The van der Waals surface area contributed by atoms with E-state index in [2.05, 4.69) is 26.3 Å². The van der Waals surface area contributed by atoms with E-state index >= 15 is 0 Å². The van der Waals surface area contributed by atoms with Crippen LogP contribution in [0.3, 0.4) is 0 Å². The number of amides is 4. The maximum atomic E-state index is 13.3. The maximum absolute atomic E-state index is 13.3. The molecule has 4 amide bonds. The number of hydrogen-bond acceptors (Lipinski definition) is 6. The van der Waals surface area contributed by atoms with E-state index in [4.69, 9.17) is 11.6 Å². The predicted molar refractivity (Wildman–Crippen MR) is 130 cm³/mol. The molecule has 1 unspecified atom stereocenters. The van der Waals surface area contributed by atoms with Crippen molar-refractivity contribution in [3.8, 4) is 0 Å². The van der Waals surface area contributed by atoms with Gasteiger partial charge in [0.1, 0.15) is 5.82 Å². The minimum atomic E-state index is -4.39. The molecule has 4 aliphatic carbocycles. The van der Waals surface area contributed by atoms with Crippen molar-refractivity contribution >= 4 is 46.8 Å². The summed E-state index contributed by atoms with van der Waals surface area (Å²) in [6.07, 6.45) is -2.48. The number of halogens is 4. The van der Waals surface area contributed by atoms with Gasteiger partial charge in [0.25, 0.3) is 11.8 Å². The number of hydrogen-bond donors (Lipinski definition) is 4. The van der Waals surface area contributed by atoms with Crippen molar-refractivity contribution in [3.63, 3.8) is 0 Å². The molecule has 0 spiro atoms. The van der Waals surface area contributed by atoms with E-state index in [1.807, 2.05) is 0 Å². The first kappa shape index (κ1) is 27.4. The van der Waals surface area contributed by atoms with Gasteiger partial charge < -0.3 is 21.3 Å². The highest BCUT2D eigenvalue weighted by atomic mass is 35.5. The number of ketones is 1. The van der Waals surface area contributed by atoms with Gasteiger partial charge in [0.15, 0.2) is 0 Å². The molecule has 1 aromatic heterocycles. The monoisotopic (exact) mass is 569 g/mol. The van der Waals surface area contributed by atoms with Crippen molar-refractivity contribution in [1.82, 2.24) is 20.9 Å². The summed E-state index contributed by atoms with van der Waals surface area (Å²) in [5.74, 6) is -4.55. The first-order valence-corrected chi connectivity index (χ1v) is 13.1. The number of nitrogens with one attached hydrogen (secondary N) is 4. The van der Waals surface area contributed by atoms with Crippen LogP contribution in [0.15, 0.2) is 12.3 Å². The fourth-order valence-electron chi connectivity index (χ4n) is 5.83. The lowest BCUT2D eigenvalue weighted by atomic mass is 9.34. The van der Waals surface area contributed by atoms with Crippen molar-refractivity contribution in [1.29, 1.82) is 0 Å². The Morgan fingerprint density at radius 3 is 2.44 bits per heavy atom. The smallest absolute Gasteiger partial charge is 0.353 e. The fraction of sp³-hybridized carbons (Fsp3) is 0.600. The third-order valence-corrected chi connectivity index (χ3v) is 8.33. The minimum Gasteiger partial charge on any atom is -0.353 e. The molecule has 2 heterocycles. The predicted octanol–water partition coefficient (Wildman–Crippen LogP) is 2.27. The van der Waals surface area contributed by atoms with Crippen molar-refractivity contribution in [3.05, 3.63) is 22.8 Å². The molecule has 10 nitrogen and oxygen atoms in total. The number of alkyl halides is 3. The van der Waals surface area contributed by atoms with E-state index in [0.717, 1.165) is 19.0 Å². The molecule has 1 saturated heterocycles. The Morgan fingerprint density at radius 1 is 1.21 bits per heavy atom. The van der Waals surface area contributed by atoms with E-state index in [1.165, 1.54) is 6.07 Å². The van der Waals surface area contributed by atoms with Crippen molar-refractivity contribution in [2.45, 2.75) is 76.2 Å². The van der Waals surface area contributed by atoms with Crippen LogP contribution in [-0.2, 0) is 19.2 Å². The standard InChI is InChI=1S/C25H27ClF3N5O5/c1-11-4-12(19(36)31-11)5-16(17(35)21(38)32-14-2-3-14)33-20(37)15-6-13(26)7-30-18(15)34-22(39)23-8-24(9-23,10-23)25(27,28)29/h6-7,11-12,14,16H,2-5,8-10H2,1H3,(H,31,36)(H,32,38)(H,33,37)(H,30,34,39)/t11-,12+,16?,23?,24?/m1/s1. The van der Waals surface area contributed by atoms with Crippen LogP contribution in [0.1, 0.15) is 62.2 Å². The summed E-state index contributed by atoms with van der Waals surface area (Å²) >= 11 is 6.02.